The van der Waals surface area contributed by atoms with Crippen LogP contribution in [0.3, 0.4) is 0 Å². The largest absolute Gasteiger partial charge is 0.412 e. The molecule has 0 atom stereocenters. The van der Waals surface area contributed by atoms with Crippen LogP contribution >= 0.6 is 0 Å². The third kappa shape index (κ3) is 3.60. The van der Waals surface area contributed by atoms with Crippen LogP contribution in [-0.4, -0.2) is 25.4 Å². The van der Waals surface area contributed by atoms with E-state index in [9.17, 15) is 0 Å². The molecular weight excluding hydrogens is 360 g/mol. The Bertz CT molecular complexity index is 996. The SMILES string of the molecule is C1=Cc2cc3ccc(cc4nc(cc5ccc(cc1n2)[nH]5)C=C4)[nH]3.O.[Ti]. The maximum atomic E-state index is 4.63. The molecule has 0 unspecified atom stereocenters. The first-order valence-corrected chi connectivity index (χ1v) is 7.85. The van der Waals surface area contributed by atoms with Gasteiger partial charge in [0.2, 0.25) is 0 Å². The second kappa shape index (κ2) is 7.26. The first-order chi connectivity index (χ1) is 11.8. The first kappa shape index (κ1) is 18.1. The number of nitrogens with one attached hydrogen (secondary N) is 2. The van der Waals surface area contributed by atoms with E-state index in [2.05, 4.69) is 44.2 Å². The second-order valence-electron chi connectivity index (χ2n) is 5.91. The van der Waals surface area contributed by atoms with Gasteiger partial charge in [0.1, 0.15) is 0 Å². The monoisotopic (exact) mass is 376 g/mol. The summed E-state index contributed by atoms with van der Waals surface area (Å²) in [4.78, 5) is 16.0. The van der Waals surface area contributed by atoms with Crippen LogP contribution < -0.4 is 0 Å². The number of hydrogen-bond acceptors (Lipinski definition) is 2. The number of aromatic amines is 2. The molecule has 0 aromatic carbocycles. The molecule has 26 heavy (non-hydrogen) atoms. The van der Waals surface area contributed by atoms with Crippen LogP contribution in [0.5, 0.6) is 0 Å². The molecule has 0 saturated carbocycles. The van der Waals surface area contributed by atoms with Crippen molar-refractivity contribution < 1.29 is 27.2 Å². The fourth-order valence-corrected chi connectivity index (χ4v) is 2.94. The van der Waals surface area contributed by atoms with E-state index in [1.54, 1.807) is 0 Å². The van der Waals surface area contributed by atoms with Gasteiger partial charge in [0.05, 0.1) is 22.8 Å². The Balaban J connectivity index is 0.000000980. The molecule has 0 fully saturated rings. The topological polar surface area (TPSA) is 88.9 Å². The number of hydrogen-bond donors (Lipinski definition) is 2. The summed E-state index contributed by atoms with van der Waals surface area (Å²) in [7, 11) is 0. The van der Waals surface area contributed by atoms with Gasteiger partial charge in [-0.15, -0.1) is 0 Å². The second-order valence-corrected chi connectivity index (χ2v) is 5.91. The van der Waals surface area contributed by atoms with Crippen molar-refractivity contribution in [1.82, 2.24) is 19.9 Å². The number of H-pyrrole nitrogens is 2. The molecule has 4 N–H and O–H groups in total. The zero-order valence-corrected chi connectivity index (χ0v) is 15.4. The average molecular weight is 376 g/mol. The molecule has 5 rings (SSSR count). The van der Waals surface area contributed by atoms with Crippen LogP contribution in [-0.2, 0) is 21.7 Å². The third-order valence-corrected chi connectivity index (χ3v) is 4.04. The van der Waals surface area contributed by atoms with E-state index in [1.807, 2.05) is 48.6 Å². The van der Waals surface area contributed by atoms with Gasteiger partial charge < -0.3 is 15.4 Å². The van der Waals surface area contributed by atoms with E-state index >= 15 is 0 Å². The van der Waals surface area contributed by atoms with Gasteiger partial charge in [-0.1, -0.05) is 0 Å². The predicted molar refractivity (Wildman–Crippen MR) is 102 cm³/mol. The number of fused-ring (bicyclic) bond motifs is 8. The Kier molecular flexibility index (Phi) is 5.04. The van der Waals surface area contributed by atoms with Crippen molar-refractivity contribution in [3.8, 4) is 0 Å². The van der Waals surface area contributed by atoms with Crippen LogP contribution in [0.25, 0.3) is 46.4 Å². The summed E-state index contributed by atoms with van der Waals surface area (Å²) >= 11 is 0. The Morgan fingerprint density at radius 3 is 1.04 bits per heavy atom. The Morgan fingerprint density at radius 1 is 0.500 bits per heavy atom. The van der Waals surface area contributed by atoms with E-state index < -0.39 is 0 Å². The van der Waals surface area contributed by atoms with Crippen molar-refractivity contribution in [3.63, 3.8) is 0 Å². The van der Waals surface area contributed by atoms with Crippen LogP contribution in [0.4, 0.5) is 0 Å². The first-order valence-electron chi connectivity index (χ1n) is 7.85. The molecule has 3 aromatic rings. The molecule has 0 saturated heterocycles. The Labute approximate surface area is 164 Å². The Morgan fingerprint density at radius 2 is 0.769 bits per heavy atom. The van der Waals surface area contributed by atoms with Gasteiger partial charge in [-0.05, 0) is 72.8 Å². The Hall–Kier alpha value is -2.73. The maximum absolute atomic E-state index is 4.63. The van der Waals surface area contributed by atoms with Crippen molar-refractivity contribution in [1.29, 1.82) is 0 Å². The summed E-state index contributed by atoms with van der Waals surface area (Å²) in [5, 5.41) is 0. The summed E-state index contributed by atoms with van der Waals surface area (Å²) in [6, 6.07) is 16.4. The molecule has 126 valence electrons. The fraction of sp³-hybridized carbons (Fsp3) is 0. The molecule has 5 nitrogen and oxygen atoms in total. The molecule has 6 heteroatoms. The van der Waals surface area contributed by atoms with Crippen LogP contribution in [0, 0.1) is 0 Å². The van der Waals surface area contributed by atoms with Crippen LogP contribution in [0.2, 0.25) is 0 Å². The van der Waals surface area contributed by atoms with E-state index in [-0.39, 0.29) is 27.2 Å². The van der Waals surface area contributed by atoms with Crippen molar-refractivity contribution in [3.05, 3.63) is 71.3 Å². The smallest absolute Gasteiger partial charge is 0.0658 e. The average Bonchev–Trinajstić information content (AvgIpc) is 3.32. The summed E-state index contributed by atoms with van der Waals surface area (Å²) in [6.07, 6.45) is 8.09. The molecule has 5 heterocycles. The normalized spacial score (nSPS) is 11.7. The standard InChI is InChI=1S/C20H14N4.H2O.Ti/c1-2-14-10-16-5-6-18(23-16)12-20-8-7-19(24-20)11-17-4-3-15(22-17)9-13(1)21-14;;/h1-12,21,24H;1H2;. The summed E-state index contributed by atoms with van der Waals surface area (Å²) in [6.45, 7) is 0. The van der Waals surface area contributed by atoms with Crippen molar-refractivity contribution in [2.24, 2.45) is 0 Å². The van der Waals surface area contributed by atoms with Crippen LogP contribution in [0.1, 0.15) is 22.8 Å². The number of rotatable bonds is 0. The van der Waals surface area contributed by atoms with Crippen LogP contribution in [0.15, 0.2) is 48.5 Å². The minimum Gasteiger partial charge on any atom is -0.412 e. The van der Waals surface area contributed by atoms with Gasteiger partial charge in [0, 0.05) is 43.8 Å². The zero-order valence-electron chi connectivity index (χ0n) is 13.8. The minimum atomic E-state index is 0. The molecule has 0 radical (unpaired) electrons. The molecule has 2 aliphatic rings. The van der Waals surface area contributed by atoms with E-state index in [4.69, 9.17) is 0 Å². The van der Waals surface area contributed by atoms with E-state index in [1.165, 1.54) is 0 Å². The summed E-state index contributed by atoms with van der Waals surface area (Å²) < 4.78 is 0. The van der Waals surface area contributed by atoms with E-state index in [0.29, 0.717) is 0 Å². The van der Waals surface area contributed by atoms with Gasteiger partial charge in [-0.25, -0.2) is 9.97 Å². The predicted octanol–water partition coefficient (Wildman–Crippen LogP) is 3.83. The zero-order chi connectivity index (χ0) is 15.9. The molecule has 0 spiro atoms. The molecule has 2 aliphatic heterocycles. The third-order valence-electron chi connectivity index (χ3n) is 4.04. The van der Waals surface area contributed by atoms with Crippen molar-refractivity contribution >= 4 is 46.4 Å². The van der Waals surface area contributed by atoms with Gasteiger partial charge >= 0.3 is 0 Å². The van der Waals surface area contributed by atoms with Crippen molar-refractivity contribution in [2.45, 2.75) is 0 Å². The molecule has 0 amide bonds. The number of aromatic nitrogens is 4. The van der Waals surface area contributed by atoms with Crippen molar-refractivity contribution in [2.75, 3.05) is 0 Å². The summed E-state index contributed by atoms with van der Waals surface area (Å²) in [5.74, 6) is 0. The molecule has 8 bridgehead atoms. The van der Waals surface area contributed by atoms with Gasteiger partial charge in [0.25, 0.3) is 0 Å². The summed E-state index contributed by atoms with van der Waals surface area (Å²) in [5.41, 5.74) is 7.86. The maximum Gasteiger partial charge on any atom is 0.0658 e. The molecular formula is C20H16N4OTi. The fourth-order valence-electron chi connectivity index (χ4n) is 2.94. The number of nitrogens with zero attached hydrogens (tertiary/aromatic N) is 2. The minimum absolute atomic E-state index is 0. The van der Waals surface area contributed by atoms with Gasteiger partial charge in [-0.3, -0.25) is 0 Å². The molecule has 3 aromatic heterocycles. The quantitative estimate of drug-likeness (QED) is 0.402. The van der Waals surface area contributed by atoms with E-state index in [0.717, 1.165) is 44.8 Å². The van der Waals surface area contributed by atoms with Gasteiger partial charge in [0.15, 0.2) is 0 Å². The molecule has 0 aliphatic carbocycles. The van der Waals surface area contributed by atoms with Gasteiger partial charge in [-0.2, -0.15) is 0 Å².